The molecule has 0 aromatic carbocycles. The first kappa shape index (κ1) is 15.1. The average Bonchev–Trinajstić information content (AvgIpc) is 1.98. The largest absolute Gasteiger partial charge is 0.412 e. The second-order valence-electron chi connectivity index (χ2n) is 6.55. The molecule has 0 saturated heterocycles. The van der Waals surface area contributed by atoms with E-state index in [2.05, 4.69) is 47.7 Å². The molecule has 0 aromatic rings. The Balaban J connectivity index is 4.72. The summed E-state index contributed by atoms with van der Waals surface area (Å²) in [6.45, 7) is 17.6. The van der Waals surface area contributed by atoms with Gasteiger partial charge >= 0.3 is 0 Å². The Hall–Kier alpha value is 0.137. The van der Waals surface area contributed by atoms with Crippen LogP contribution in [0.2, 0.25) is 18.1 Å². The molecule has 2 nitrogen and oxygen atoms in total. The van der Waals surface area contributed by atoms with E-state index in [4.69, 9.17) is 4.43 Å². The monoisotopic (exact) mass is 232 g/mol. The van der Waals surface area contributed by atoms with E-state index in [1.165, 1.54) is 0 Å². The van der Waals surface area contributed by atoms with Crippen LogP contribution in [-0.4, -0.2) is 25.6 Å². The maximum atomic E-state index is 9.21. The van der Waals surface area contributed by atoms with Gasteiger partial charge in [0.1, 0.15) is 0 Å². The molecule has 1 atom stereocenters. The number of aliphatic hydroxyl groups is 1. The zero-order chi connectivity index (χ0) is 12.5. The molecule has 0 fully saturated rings. The first-order valence-corrected chi connectivity index (χ1v) is 8.66. The Bertz CT molecular complexity index is 204. The summed E-state index contributed by atoms with van der Waals surface area (Å²) in [6, 6.07) is 0. The van der Waals surface area contributed by atoms with Crippen molar-refractivity contribution < 1.29 is 9.53 Å². The lowest BCUT2D eigenvalue weighted by Crippen LogP contribution is -2.50. The molecule has 0 heterocycles. The molecule has 92 valence electrons. The van der Waals surface area contributed by atoms with Crippen LogP contribution in [0.1, 0.15) is 41.5 Å². The number of hydrogen-bond acceptors (Lipinski definition) is 2. The van der Waals surface area contributed by atoms with Gasteiger partial charge in [-0.1, -0.05) is 27.7 Å². The summed E-state index contributed by atoms with van der Waals surface area (Å²) in [5, 5.41) is 9.43. The Morgan fingerprint density at radius 1 is 1.13 bits per heavy atom. The van der Waals surface area contributed by atoms with Gasteiger partial charge in [-0.05, 0) is 32.0 Å². The van der Waals surface area contributed by atoms with E-state index in [1.54, 1.807) is 0 Å². The molecule has 0 aliphatic heterocycles. The van der Waals surface area contributed by atoms with E-state index in [0.29, 0.717) is 0 Å². The van der Waals surface area contributed by atoms with Crippen molar-refractivity contribution in [2.45, 2.75) is 65.3 Å². The Labute approximate surface area is 96.2 Å². The van der Waals surface area contributed by atoms with Crippen molar-refractivity contribution in [3.05, 3.63) is 0 Å². The molecule has 0 amide bonds. The predicted octanol–water partition coefficient (Wildman–Crippen LogP) is 3.42. The summed E-state index contributed by atoms with van der Waals surface area (Å²) in [5.74, 6) is 0.173. The van der Waals surface area contributed by atoms with Crippen LogP contribution in [0, 0.1) is 5.92 Å². The van der Waals surface area contributed by atoms with Crippen molar-refractivity contribution in [2.24, 2.45) is 5.92 Å². The van der Waals surface area contributed by atoms with E-state index < -0.39 is 8.32 Å². The minimum atomic E-state index is -1.73. The summed E-state index contributed by atoms with van der Waals surface area (Å²) in [6.07, 6.45) is 0. The topological polar surface area (TPSA) is 29.5 Å². The average molecular weight is 232 g/mol. The van der Waals surface area contributed by atoms with Gasteiger partial charge in [-0.15, -0.1) is 0 Å². The smallest absolute Gasteiger partial charge is 0.192 e. The summed E-state index contributed by atoms with van der Waals surface area (Å²) < 4.78 is 6.32. The van der Waals surface area contributed by atoms with E-state index in [0.717, 1.165) is 0 Å². The molecule has 0 aliphatic carbocycles. The highest BCUT2D eigenvalue weighted by molar-refractivity contribution is 6.74. The van der Waals surface area contributed by atoms with E-state index in [1.807, 2.05) is 6.92 Å². The highest BCUT2D eigenvalue weighted by atomic mass is 28.4. The first-order valence-electron chi connectivity index (χ1n) is 5.75. The Morgan fingerprint density at radius 3 is 1.80 bits per heavy atom. The number of aliphatic hydroxyl groups excluding tert-OH is 1. The van der Waals surface area contributed by atoms with Gasteiger partial charge in [0.15, 0.2) is 8.32 Å². The van der Waals surface area contributed by atoms with Gasteiger partial charge in [0.2, 0.25) is 0 Å². The Kier molecular flexibility index (Phi) is 4.60. The third-order valence-electron chi connectivity index (χ3n) is 3.79. The molecule has 3 heteroatoms. The summed E-state index contributed by atoms with van der Waals surface area (Å²) in [7, 11) is -1.73. The molecule has 0 aromatic heterocycles. The fourth-order valence-corrected chi connectivity index (χ4v) is 2.95. The van der Waals surface area contributed by atoms with Crippen molar-refractivity contribution in [3.63, 3.8) is 0 Å². The van der Waals surface area contributed by atoms with E-state index in [9.17, 15) is 5.11 Å². The van der Waals surface area contributed by atoms with Crippen LogP contribution < -0.4 is 0 Å². The van der Waals surface area contributed by atoms with Gasteiger partial charge in [0, 0.05) is 12.5 Å². The third-order valence-corrected chi connectivity index (χ3v) is 8.43. The molecule has 0 saturated carbocycles. The molecule has 0 spiro atoms. The molecular formula is C12H28O2Si. The fourth-order valence-electron chi connectivity index (χ4n) is 1.13. The van der Waals surface area contributed by atoms with Crippen molar-refractivity contribution in [1.29, 1.82) is 0 Å². The Morgan fingerprint density at radius 2 is 1.53 bits per heavy atom. The van der Waals surface area contributed by atoms with E-state index >= 15 is 0 Å². The molecule has 0 bridgehead atoms. The lowest BCUT2D eigenvalue weighted by atomic mass is 9.94. The summed E-state index contributed by atoms with van der Waals surface area (Å²) >= 11 is 0. The van der Waals surface area contributed by atoms with E-state index in [-0.39, 0.29) is 23.2 Å². The quantitative estimate of drug-likeness (QED) is 0.753. The van der Waals surface area contributed by atoms with Crippen molar-refractivity contribution in [1.82, 2.24) is 0 Å². The number of hydrogen-bond donors (Lipinski definition) is 1. The van der Waals surface area contributed by atoms with Crippen LogP contribution in [0.3, 0.4) is 0 Å². The number of rotatable bonds is 4. The highest BCUT2D eigenvalue weighted by Gasteiger charge is 2.42. The van der Waals surface area contributed by atoms with Gasteiger partial charge in [0.25, 0.3) is 0 Å². The van der Waals surface area contributed by atoms with Gasteiger partial charge in [0.05, 0.1) is 5.60 Å². The van der Waals surface area contributed by atoms with Crippen LogP contribution in [0.25, 0.3) is 0 Å². The fraction of sp³-hybridized carbons (Fsp3) is 1.00. The normalized spacial score (nSPS) is 16.6. The standard InChI is InChI=1S/C12H28O2Si/c1-10(9-13)12(5,6)14-15(7,8)11(2,3)4/h10,13H,9H2,1-8H3. The minimum Gasteiger partial charge on any atom is -0.412 e. The van der Waals surface area contributed by atoms with Crippen LogP contribution in [0.5, 0.6) is 0 Å². The third kappa shape index (κ3) is 3.89. The van der Waals surface area contributed by atoms with Crippen LogP contribution >= 0.6 is 0 Å². The maximum Gasteiger partial charge on any atom is 0.192 e. The van der Waals surface area contributed by atoms with Crippen LogP contribution in [0.4, 0.5) is 0 Å². The predicted molar refractivity (Wildman–Crippen MR) is 68.6 cm³/mol. The maximum absolute atomic E-state index is 9.21. The van der Waals surface area contributed by atoms with Gasteiger partial charge in [-0.2, -0.15) is 0 Å². The zero-order valence-corrected chi connectivity index (χ0v) is 12.6. The lowest BCUT2D eigenvalue weighted by molar-refractivity contribution is 0.0112. The second kappa shape index (κ2) is 4.56. The minimum absolute atomic E-state index is 0.173. The molecule has 15 heavy (non-hydrogen) atoms. The van der Waals surface area contributed by atoms with Crippen molar-refractivity contribution in [2.75, 3.05) is 6.61 Å². The highest BCUT2D eigenvalue weighted by Crippen LogP contribution is 2.40. The van der Waals surface area contributed by atoms with Crippen molar-refractivity contribution in [3.8, 4) is 0 Å². The van der Waals surface area contributed by atoms with Crippen molar-refractivity contribution >= 4 is 8.32 Å². The van der Waals surface area contributed by atoms with Gasteiger partial charge in [-0.25, -0.2) is 0 Å². The van der Waals surface area contributed by atoms with Crippen LogP contribution in [0.15, 0.2) is 0 Å². The zero-order valence-electron chi connectivity index (χ0n) is 11.6. The molecule has 0 aliphatic rings. The lowest BCUT2D eigenvalue weighted by Gasteiger charge is -2.44. The molecule has 1 unspecified atom stereocenters. The van der Waals surface area contributed by atoms with Gasteiger partial charge in [-0.3, -0.25) is 0 Å². The molecule has 0 rings (SSSR count). The summed E-state index contributed by atoms with van der Waals surface area (Å²) in [5.41, 5.74) is -0.238. The van der Waals surface area contributed by atoms with Gasteiger partial charge < -0.3 is 9.53 Å². The van der Waals surface area contributed by atoms with Crippen LogP contribution in [-0.2, 0) is 4.43 Å². The first-order chi connectivity index (χ1) is 6.44. The second-order valence-corrected chi connectivity index (χ2v) is 11.3. The molecular weight excluding hydrogens is 204 g/mol. The summed E-state index contributed by atoms with van der Waals surface area (Å²) in [4.78, 5) is 0. The molecule has 1 N–H and O–H groups in total. The SMILES string of the molecule is CC(CO)C(C)(C)O[Si](C)(C)C(C)(C)C. The molecule has 0 radical (unpaired) electrons.